The summed E-state index contributed by atoms with van der Waals surface area (Å²) in [5, 5.41) is 3.59. The van der Waals surface area contributed by atoms with E-state index in [1.807, 2.05) is 0 Å². The van der Waals surface area contributed by atoms with Crippen molar-refractivity contribution in [2.24, 2.45) is 11.3 Å². The standard InChI is InChI=1S/C18H29N/c1-18(2)14-8-12-16(18)17(19-3)13-7-11-15-9-5-4-6-10-15/h4-6,9-10,16-17,19H,7-8,11-14H2,1-3H3. The summed E-state index contributed by atoms with van der Waals surface area (Å²) >= 11 is 0. The second-order valence-electron chi connectivity index (χ2n) is 6.76. The van der Waals surface area contributed by atoms with Gasteiger partial charge in [-0.05, 0) is 56.0 Å². The fraction of sp³-hybridized carbons (Fsp3) is 0.667. The Morgan fingerprint density at radius 1 is 1.26 bits per heavy atom. The molecule has 0 aliphatic heterocycles. The number of nitrogens with one attached hydrogen (secondary N) is 1. The van der Waals surface area contributed by atoms with Gasteiger partial charge in [-0.3, -0.25) is 0 Å². The molecular formula is C18H29N. The third-order valence-electron chi connectivity index (χ3n) is 5.02. The maximum absolute atomic E-state index is 3.59. The first-order valence-electron chi connectivity index (χ1n) is 7.84. The van der Waals surface area contributed by atoms with E-state index in [4.69, 9.17) is 0 Å². The summed E-state index contributed by atoms with van der Waals surface area (Å²) in [6.45, 7) is 4.90. The second-order valence-corrected chi connectivity index (χ2v) is 6.76. The zero-order valence-electron chi connectivity index (χ0n) is 12.8. The molecule has 1 aliphatic rings. The van der Waals surface area contributed by atoms with Crippen LogP contribution in [0.5, 0.6) is 0 Å². The summed E-state index contributed by atoms with van der Waals surface area (Å²) in [5.74, 6) is 0.855. The van der Waals surface area contributed by atoms with Gasteiger partial charge in [0.05, 0.1) is 0 Å². The first kappa shape index (κ1) is 14.6. The highest BCUT2D eigenvalue weighted by Crippen LogP contribution is 2.45. The van der Waals surface area contributed by atoms with Crippen LogP contribution in [0.25, 0.3) is 0 Å². The first-order valence-corrected chi connectivity index (χ1v) is 7.84. The molecule has 2 unspecified atom stereocenters. The smallest absolute Gasteiger partial charge is 0.00975 e. The van der Waals surface area contributed by atoms with Gasteiger partial charge >= 0.3 is 0 Å². The van der Waals surface area contributed by atoms with Gasteiger partial charge in [-0.2, -0.15) is 0 Å². The van der Waals surface area contributed by atoms with E-state index in [9.17, 15) is 0 Å². The fourth-order valence-electron chi connectivity index (χ4n) is 3.82. The van der Waals surface area contributed by atoms with E-state index >= 15 is 0 Å². The molecule has 1 N–H and O–H groups in total. The number of hydrogen-bond donors (Lipinski definition) is 1. The molecule has 1 aliphatic carbocycles. The highest BCUT2D eigenvalue weighted by Gasteiger charge is 2.38. The van der Waals surface area contributed by atoms with E-state index in [2.05, 4.69) is 56.5 Å². The van der Waals surface area contributed by atoms with Gasteiger partial charge in [0, 0.05) is 6.04 Å². The van der Waals surface area contributed by atoms with E-state index in [0.717, 1.165) is 5.92 Å². The van der Waals surface area contributed by atoms with E-state index in [1.54, 1.807) is 0 Å². The van der Waals surface area contributed by atoms with Gasteiger partial charge in [0.25, 0.3) is 0 Å². The van der Waals surface area contributed by atoms with Crippen LogP contribution in [0.2, 0.25) is 0 Å². The van der Waals surface area contributed by atoms with Crippen molar-refractivity contribution in [3.8, 4) is 0 Å². The van der Waals surface area contributed by atoms with Crippen LogP contribution >= 0.6 is 0 Å². The van der Waals surface area contributed by atoms with Crippen LogP contribution in [0.1, 0.15) is 51.5 Å². The highest BCUT2D eigenvalue weighted by atomic mass is 14.9. The third kappa shape index (κ3) is 3.82. The average Bonchev–Trinajstić information content (AvgIpc) is 2.76. The molecule has 2 rings (SSSR count). The van der Waals surface area contributed by atoms with Gasteiger partial charge in [0.1, 0.15) is 0 Å². The fourth-order valence-corrected chi connectivity index (χ4v) is 3.82. The molecule has 1 aromatic carbocycles. The van der Waals surface area contributed by atoms with Crippen LogP contribution in [0, 0.1) is 11.3 Å². The Hall–Kier alpha value is -0.820. The lowest BCUT2D eigenvalue weighted by Crippen LogP contribution is -2.38. The van der Waals surface area contributed by atoms with E-state index < -0.39 is 0 Å². The van der Waals surface area contributed by atoms with Crippen molar-refractivity contribution in [1.82, 2.24) is 5.32 Å². The molecule has 0 heterocycles. The summed E-state index contributed by atoms with van der Waals surface area (Å²) in [4.78, 5) is 0. The molecule has 0 saturated heterocycles. The van der Waals surface area contributed by atoms with E-state index in [1.165, 1.54) is 44.1 Å². The van der Waals surface area contributed by atoms with Gasteiger partial charge in [-0.25, -0.2) is 0 Å². The third-order valence-corrected chi connectivity index (χ3v) is 5.02. The number of benzene rings is 1. The number of aryl methyl sites for hydroxylation is 1. The van der Waals surface area contributed by atoms with Crippen LogP contribution in [-0.4, -0.2) is 13.1 Å². The van der Waals surface area contributed by atoms with E-state index in [0.29, 0.717) is 11.5 Å². The minimum absolute atomic E-state index is 0.528. The van der Waals surface area contributed by atoms with Gasteiger partial charge in [0.2, 0.25) is 0 Å². The van der Waals surface area contributed by atoms with Crippen molar-refractivity contribution in [3.63, 3.8) is 0 Å². The first-order chi connectivity index (χ1) is 9.13. The largest absolute Gasteiger partial charge is 0.317 e. The molecule has 1 nitrogen and oxygen atoms in total. The molecule has 0 radical (unpaired) electrons. The minimum atomic E-state index is 0.528. The van der Waals surface area contributed by atoms with Crippen molar-refractivity contribution < 1.29 is 0 Å². The molecule has 1 fully saturated rings. The monoisotopic (exact) mass is 259 g/mol. The molecule has 1 saturated carbocycles. The van der Waals surface area contributed by atoms with Crippen LogP contribution < -0.4 is 5.32 Å². The molecule has 0 aromatic heterocycles. The summed E-state index contributed by atoms with van der Waals surface area (Å²) in [7, 11) is 2.14. The van der Waals surface area contributed by atoms with Crippen molar-refractivity contribution >= 4 is 0 Å². The maximum atomic E-state index is 3.59. The van der Waals surface area contributed by atoms with Crippen LogP contribution in [-0.2, 0) is 6.42 Å². The quantitative estimate of drug-likeness (QED) is 0.797. The predicted octanol–water partition coefficient (Wildman–Crippen LogP) is 4.42. The maximum Gasteiger partial charge on any atom is 0.00975 e. The van der Waals surface area contributed by atoms with Gasteiger partial charge in [-0.15, -0.1) is 0 Å². The second kappa shape index (κ2) is 6.56. The molecule has 1 aromatic rings. The van der Waals surface area contributed by atoms with Crippen molar-refractivity contribution in [2.45, 2.75) is 58.4 Å². The summed E-state index contributed by atoms with van der Waals surface area (Å²) < 4.78 is 0. The van der Waals surface area contributed by atoms with Gasteiger partial charge in [0.15, 0.2) is 0 Å². The Labute approximate surface area is 118 Å². The predicted molar refractivity (Wildman–Crippen MR) is 83.3 cm³/mol. The summed E-state index contributed by atoms with van der Waals surface area (Å²) in [6.07, 6.45) is 8.03. The summed E-state index contributed by atoms with van der Waals surface area (Å²) in [5.41, 5.74) is 2.00. The highest BCUT2D eigenvalue weighted by molar-refractivity contribution is 5.14. The average molecular weight is 259 g/mol. The SMILES string of the molecule is CNC(CCCc1ccccc1)C1CCCC1(C)C. The lowest BCUT2D eigenvalue weighted by atomic mass is 9.76. The van der Waals surface area contributed by atoms with Crippen LogP contribution in [0.4, 0.5) is 0 Å². The normalized spacial score (nSPS) is 23.4. The summed E-state index contributed by atoms with van der Waals surface area (Å²) in [6, 6.07) is 11.6. The molecule has 0 amide bonds. The van der Waals surface area contributed by atoms with Gasteiger partial charge < -0.3 is 5.32 Å². The zero-order chi connectivity index (χ0) is 13.7. The number of rotatable bonds is 6. The number of hydrogen-bond acceptors (Lipinski definition) is 1. The van der Waals surface area contributed by atoms with Crippen molar-refractivity contribution in [1.29, 1.82) is 0 Å². The Morgan fingerprint density at radius 2 is 2.00 bits per heavy atom. The molecule has 0 bridgehead atoms. The Bertz CT molecular complexity index is 369. The zero-order valence-corrected chi connectivity index (χ0v) is 12.8. The Kier molecular flexibility index (Phi) is 5.04. The lowest BCUT2D eigenvalue weighted by Gasteiger charge is -2.34. The molecule has 2 atom stereocenters. The van der Waals surface area contributed by atoms with Crippen molar-refractivity contribution in [2.75, 3.05) is 7.05 Å². The molecular weight excluding hydrogens is 230 g/mol. The molecule has 19 heavy (non-hydrogen) atoms. The van der Waals surface area contributed by atoms with Crippen molar-refractivity contribution in [3.05, 3.63) is 35.9 Å². The van der Waals surface area contributed by atoms with E-state index in [-0.39, 0.29) is 0 Å². The van der Waals surface area contributed by atoms with Crippen LogP contribution in [0.3, 0.4) is 0 Å². The lowest BCUT2D eigenvalue weighted by molar-refractivity contribution is 0.194. The Morgan fingerprint density at radius 3 is 2.58 bits per heavy atom. The van der Waals surface area contributed by atoms with Gasteiger partial charge in [-0.1, -0.05) is 50.6 Å². The minimum Gasteiger partial charge on any atom is -0.317 e. The topological polar surface area (TPSA) is 12.0 Å². The molecule has 106 valence electrons. The molecule has 0 spiro atoms. The molecule has 1 heteroatoms. The Balaban J connectivity index is 1.83. The van der Waals surface area contributed by atoms with Crippen LogP contribution in [0.15, 0.2) is 30.3 Å².